The molecule has 2 aromatic carbocycles. The lowest BCUT2D eigenvalue weighted by Gasteiger charge is -2.08. The highest BCUT2D eigenvalue weighted by Gasteiger charge is 2.02. The first-order chi connectivity index (χ1) is 8.56. The number of benzene rings is 2. The molecule has 0 saturated carbocycles. The van der Waals surface area contributed by atoms with E-state index in [4.69, 9.17) is 5.11 Å². The molecule has 0 bridgehead atoms. The summed E-state index contributed by atoms with van der Waals surface area (Å²) in [6.07, 6.45) is 0. The summed E-state index contributed by atoms with van der Waals surface area (Å²) in [5.74, 6) is -1.29. The van der Waals surface area contributed by atoms with Gasteiger partial charge in [0.05, 0.1) is 0 Å². The maximum absolute atomic E-state index is 13.1. The molecule has 2 rings (SSSR count). The van der Waals surface area contributed by atoms with Crippen LogP contribution in [0.1, 0.15) is 11.1 Å². The summed E-state index contributed by atoms with van der Waals surface area (Å²) in [5, 5.41) is 12.1. The van der Waals surface area contributed by atoms with Gasteiger partial charge >= 0.3 is 0 Å². The molecule has 0 saturated heterocycles. The van der Waals surface area contributed by atoms with Gasteiger partial charge in [-0.15, -0.1) is 0 Å². The lowest BCUT2D eigenvalue weighted by Crippen LogP contribution is -2.00. The summed E-state index contributed by atoms with van der Waals surface area (Å²) in [6, 6.07) is 8.89. The summed E-state index contributed by atoms with van der Waals surface area (Å²) in [6.45, 7) is 2.16. The third-order valence-corrected chi connectivity index (χ3v) is 2.67. The van der Waals surface area contributed by atoms with Gasteiger partial charge < -0.3 is 10.4 Å². The molecule has 0 unspecified atom stereocenters. The van der Waals surface area contributed by atoms with Gasteiger partial charge in [-0.25, -0.2) is 8.78 Å². The van der Waals surface area contributed by atoms with Crippen molar-refractivity contribution in [1.82, 2.24) is 0 Å². The molecule has 0 heterocycles. The van der Waals surface area contributed by atoms with Gasteiger partial charge in [-0.2, -0.15) is 0 Å². The van der Waals surface area contributed by atoms with Crippen molar-refractivity contribution in [2.45, 2.75) is 13.5 Å². The first-order valence-electron chi connectivity index (χ1n) is 5.53. The summed E-state index contributed by atoms with van der Waals surface area (Å²) in [4.78, 5) is 0. The molecule has 0 amide bonds. The molecule has 4 heteroatoms. The van der Waals surface area contributed by atoms with Gasteiger partial charge in [0.15, 0.2) is 11.6 Å². The second kappa shape index (κ2) is 5.04. The number of aromatic hydroxyl groups is 1. The molecule has 0 spiro atoms. The summed E-state index contributed by atoms with van der Waals surface area (Å²) < 4.78 is 26.1. The smallest absolute Gasteiger partial charge is 0.166 e. The number of anilines is 1. The molecule has 0 aliphatic heterocycles. The molecular formula is C14H13F2NO. The quantitative estimate of drug-likeness (QED) is 0.815. The standard InChI is InChI=1S/C14H13F2NO/c1-9-6-10(2-4-12(9)15)8-17-11-3-5-14(18)13(16)7-11/h2-7,17-18H,8H2,1H3. The number of hydrogen-bond acceptors (Lipinski definition) is 2. The molecule has 18 heavy (non-hydrogen) atoms. The minimum atomic E-state index is -0.671. The maximum Gasteiger partial charge on any atom is 0.166 e. The third kappa shape index (κ3) is 2.77. The highest BCUT2D eigenvalue weighted by Crippen LogP contribution is 2.20. The van der Waals surface area contributed by atoms with E-state index in [0.717, 1.165) is 5.56 Å². The molecule has 2 N–H and O–H groups in total. The van der Waals surface area contributed by atoms with Gasteiger partial charge in [-0.3, -0.25) is 0 Å². The summed E-state index contributed by atoms with van der Waals surface area (Å²) in [7, 11) is 0. The number of aryl methyl sites for hydroxylation is 1. The number of rotatable bonds is 3. The van der Waals surface area contributed by atoms with E-state index in [-0.39, 0.29) is 11.6 Å². The fourth-order valence-electron chi connectivity index (χ4n) is 1.64. The van der Waals surface area contributed by atoms with Crippen molar-refractivity contribution >= 4 is 5.69 Å². The van der Waals surface area contributed by atoms with E-state index in [1.54, 1.807) is 25.1 Å². The molecule has 0 aliphatic rings. The van der Waals surface area contributed by atoms with E-state index in [2.05, 4.69) is 5.32 Å². The second-order valence-corrected chi connectivity index (χ2v) is 4.10. The minimum Gasteiger partial charge on any atom is -0.505 e. The Kier molecular flexibility index (Phi) is 3.46. The Morgan fingerprint density at radius 3 is 2.50 bits per heavy atom. The highest BCUT2D eigenvalue weighted by atomic mass is 19.1. The first-order valence-corrected chi connectivity index (χ1v) is 5.53. The number of halogens is 2. The van der Waals surface area contributed by atoms with E-state index in [9.17, 15) is 8.78 Å². The van der Waals surface area contributed by atoms with Crippen molar-refractivity contribution in [1.29, 1.82) is 0 Å². The molecule has 0 atom stereocenters. The fraction of sp³-hybridized carbons (Fsp3) is 0.143. The normalized spacial score (nSPS) is 10.4. The number of hydrogen-bond donors (Lipinski definition) is 2. The lowest BCUT2D eigenvalue weighted by molar-refractivity contribution is 0.432. The average Bonchev–Trinajstić information content (AvgIpc) is 2.35. The fourth-order valence-corrected chi connectivity index (χ4v) is 1.64. The highest BCUT2D eigenvalue weighted by molar-refractivity contribution is 5.47. The van der Waals surface area contributed by atoms with Crippen molar-refractivity contribution in [2.75, 3.05) is 5.32 Å². The Bertz CT molecular complexity index is 518. The molecule has 0 aliphatic carbocycles. The van der Waals surface area contributed by atoms with Gasteiger partial charge in [0, 0.05) is 18.3 Å². The van der Waals surface area contributed by atoms with Crippen molar-refractivity contribution in [3.05, 3.63) is 59.2 Å². The summed E-state index contributed by atoms with van der Waals surface area (Å²) in [5.41, 5.74) is 2.04. The van der Waals surface area contributed by atoms with Gasteiger partial charge in [0.2, 0.25) is 0 Å². The van der Waals surface area contributed by atoms with E-state index in [0.29, 0.717) is 17.8 Å². The van der Waals surface area contributed by atoms with Crippen LogP contribution < -0.4 is 5.32 Å². The molecule has 0 fully saturated rings. The van der Waals surface area contributed by atoms with Crippen molar-refractivity contribution in [3.63, 3.8) is 0 Å². The molecule has 0 aromatic heterocycles. The van der Waals surface area contributed by atoms with E-state index in [1.165, 1.54) is 18.2 Å². The van der Waals surface area contributed by atoms with Gasteiger partial charge in [-0.1, -0.05) is 12.1 Å². The number of phenols is 1. The van der Waals surface area contributed by atoms with Crippen molar-refractivity contribution in [2.24, 2.45) is 0 Å². The van der Waals surface area contributed by atoms with E-state index < -0.39 is 5.82 Å². The van der Waals surface area contributed by atoms with Crippen LogP contribution in [0.25, 0.3) is 0 Å². The van der Waals surface area contributed by atoms with Crippen LogP contribution in [0.15, 0.2) is 36.4 Å². The molecule has 0 radical (unpaired) electrons. The Labute approximate surface area is 104 Å². The monoisotopic (exact) mass is 249 g/mol. The SMILES string of the molecule is Cc1cc(CNc2ccc(O)c(F)c2)ccc1F. The second-order valence-electron chi connectivity index (χ2n) is 4.10. The van der Waals surface area contributed by atoms with Crippen LogP contribution in [-0.2, 0) is 6.54 Å². The molecular weight excluding hydrogens is 236 g/mol. The zero-order chi connectivity index (χ0) is 13.1. The molecule has 94 valence electrons. The Morgan fingerprint density at radius 1 is 1.06 bits per heavy atom. The number of nitrogens with one attached hydrogen (secondary N) is 1. The third-order valence-electron chi connectivity index (χ3n) is 2.67. The zero-order valence-electron chi connectivity index (χ0n) is 9.87. The Morgan fingerprint density at radius 2 is 1.83 bits per heavy atom. The summed E-state index contributed by atoms with van der Waals surface area (Å²) >= 11 is 0. The van der Waals surface area contributed by atoms with E-state index in [1.807, 2.05) is 0 Å². The Balaban J connectivity index is 2.06. The lowest BCUT2D eigenvalue weighted by atomic mass is 10.1. The molecule has 2 aromatic rings. The largest absolute Gasteiger partial charge is 0.505 e. The topological polar surface area (TPSA) is 32.3 Å². The first kappa shape index (κ1) is 12.4. The van der Waals surface area contributed by atoms with Crippen LogP contribution in [0.4, 0.5) is 14.5 Å². The molecule has 2 nitrogen and oxygen atoms in total. The Hall–Kier alpha value is -2.10. The van der Waals surface area contributed by atoms with Crippen molar-refractivity contribution < 1.29 is 13.9 Å². The average molecular weight is 249 g/mol. The van der Waals surface area contributed by atoms with Gasteiger partial charge in [0.25, 0.3) is 0 Å². The van der Waals surface area contributed by atoms with Crippen LogP contribution in [0.3, 0.4) is 0 Å². The van der Waals surface area contributed by atoms with Crippen LogP contribution in [0, 0.1) is 18.6 Å². The van der Waals surface area contributed by atoms with Crippen molar-refractivity contribution in [3.8, 4) is 5.75 Å². The van der Waals surface area contributed by atoms with Crippen LogP contribution >= 0.6 is 0 Å². The predicted octanol–water partition coefficient (Wildman–Crippen LogP) is 3.59. The van der Waals surface area contributed by atoms with Gasteiger partial charge in [0.1, 0.15) is 5.82 Å². The predicted molar refractivity (Wildman–Crippen MR) is 66.5 cm³/mol. The number of phenolic OH excluding ortho intramolecular Hbond substituents is 1. The zero-order valence-corrected chi connectivity index (χ0v) is 9.87. The van der Waals surface area contributed by atoms with Crippen LogP contribution in [-0.4, -0.2) is 5.11 Å². The van der Waals surface area contributed by atoms with Gasteiger partial charge in [-0.05, 0) is 36.2 Å². The van der Waals surface area contributed by atoms with E-state index >= 15 is 0 Å². The van der Waals surface area contributed by atoms with Crippen LogP contribution in [0.2, 0.25) is 0 Å². The van der Waals surface area contributed by atoms with Crippen LogP contribution in [0.5, 0.6) is 5.75 Å². The maximum atomic E-state index is 13.1. The minimum absolute atomic E-state index is 0.241.